The Bertz CT molecular complexity index is 1110. The molecule has 3 aliphatic heterocycles. The van der Waals surface area contributed by atoms with E-state index < -0.39 is 22.6 Å². The summed E-state index contributed by atoms with van der Waals surface area (Å²) in [6.07, 6.45) is 1.46. The zero-order valence-electron chi connectivity index (χ0n) is 19.5. The molecule has 3 saturated heterocycles. The first kappa shape index (κ1) is 23.7. The minimum Gasteiger partial charge on any atom is -0.497 e. The normalized spacial score (nSPS) is 28.6. The van der Waals surface area contributed by atoms with E-state index in [-0.39, 0.29) is 36.1 Å². The molecule has 2 unspecified atom stereocenters. The molecule has 0 saturated carbocycles. The summed E-state index contributed by atoms with van der Waals surface area (Å²) in [5.41, 5.74) is 1.59. The van der Waals surface area contributed by atoms with Gasteiger partial charge in [-0.15, -0.1) is 11.8 Å². The maximum atomic E-state index is 13.6. The predicted octanol–water partition coefficient (Wildman–Crippen LogP) is 2.03. The highest BCUT2D eigenvalue weighted by Crippen LogP contribution is 2.66. The largest absolute Gasteiger partial charge is 0.497 e. The summed E-state index contributed by atoms with van der Waals surface area (Å²) in [4.78, 5) is 42.0. The fourth-order valence-electron chi connectivity index (χ4n) is 5.89. The van der Waals surface area contributed by atoms with Crippen LogP contribution < -0.4 is 15.4 Å². The molecule has 0 aliphatic carbocycles. The second-order valence-electron chi connectivity index (χ2n) is 9.23. The summed E-state index contributed by atoms with van der Waals surface area (Å²) < 4.78 is 4.50. The number of anilines is 1. The smallest absolute Gasteiger partial charge is 0.248 e. The molecule has 5 rings (SSSR count). The summed E-state index contributed by atoms with van der Waals surface area (Å²) in [5, 5.41) is 15.6. The van der Waals surface area contributed by atoms with Crippen LogP contribution in [-0.4, -0.2) is 64.0 Å². The van der Waals surface area contributed by atoms with Crippen LogP contribution in [0.4, 0.5) is 5.69 Å². The minimum atomic E-state index is -0.754. The Morgan fingerprint density at radius 3 is 2.57 bits per heavy atom. The number of fused-ring (bicyclic) bond motifs is 1. The molecule has 184 valence electrons. The van der Waals surface area contributed by atoms with Gasteiger partial charge in [0.05, 0.1) is 30.3 Å². The predicted molar refractivity (Wildman–Crippen MR) is 133 cm³/mol. The Labute approximate surface area is 208 Å². The number of hydrogen-bond donors (Lipinski definition) is 3. The molecule has 5 atom stereocenters. The number of hydrogen-bond acceptors (Lipinski definition) is 6. The topological polar surface area (TPSA) is 108 Å². The summed E-state index contributed by atoms with van der Waals surface area (Å²) in [6.45, 7) is 0.199. The van der Waals surface area contributed by atoms with E-state index in [9.17, 15) is 19.5 Å². The number of thioether (sulfide) groups is 1. The number of carbonyl (C=O) groups excluding carboxylic acids is 3. The number of ether oxygens (including phenoxy) is 1. The molecule has 2 bridgehead atoms. The molecule has 9 heteroatoms. The molecule has 3 fully saturated rings. The van der Waals surface area contributed by atoms with Gasteiger partial charge in [-0.3, -0.25) is 14.4 Å². The van der Waals surface area contributed by atoms with Crippen LogP contribution in [0.2, 0.25) is 0 Å². The molecule has 2 aromatic carbocycles. The van der Waals surface area contributed by atoms with Crippen LogP contribution in [0.1, 0.15) is 18.4 Å². The van der Waals surface area contributed by atoms with Gasteiger partial charge in [-0.1, -0.05) is 30.3 Å². The van der Waals surface area contributed by atoms with E-state index >= 15 is 0 Å². The molecule has 2 aromatic rings. The highest BCUT2D eigenvalue weighted by Gasteiger charge is 2.73. The van der Waals surface area contributed by atoms with Crippen molar-refractivity contribution in [2.24, 2.45) is 11.8 Å². The van der Waals surface area contributed by atoms with E-state index in [2.05, 4.69) is 10.6 Å². The van der Waals surface area contributed by atoms with Crippen molar-refractivity contribution >= 4 is 35.2 Å². The molecule has 0 aromatic heterocycles. The van der Waals surface area contributed by atoms with Crippen molar-refractivity contribution in [3.05, 3.63) is 60.2 Å². The average molecular weight is 496 g/mol. The fraction of sp³-hybridized carbons (Fsp3) is 0.423. The number of methoxy groups -OCH3 is 1. The monoisotopic (exact) mass is 495 g/mol. The van der Waals surface area contributed by atoms with E-state index in [1.54, 1.807) is 43.1 Å². The summed E-state index contributed by atoms with van der Waals surface area (Å²) in [7, 11) is 1.57. The third kappa shape index (κ3) is 4.06. The average Bonchev–Trinajstić information content (AvgIpc) is 3.51. The number of nitrogens with one attached hydrogen (secondary N) is 2. The van der Waals surface area contributed by atoms with Gasteiger partial charge in [0.15, 0.2) is 0 Å². The fourth-order valence-corrected chi connectivity index (χ4v) is 8.11. The Morgan fingerprint density at radius 2 is 1.89 bits per heavy atom. The van der Waals surface area contributed by atoms with Crippen LogP contribution in [0.5, 0.6) is 5.75 Å². The minimum absolute atomic E-state index is 0.00714. The number of β-amino-alcohol motifs (C(OH)–C–C–N with tert-alkyl or cyclic N) is 1. The van der Waals surface area contributed by atoms with E-state index in [4.69, 9.17) is 4.74 Å². The van der Waals surface area contributed by atoms with E-state index in [0.717, 1.165) is 12.0 Å². The van der Waals surface area contributed by atoms with Gasteiger partial charge in [-0.05, 0) is 42.7 Å². The van der Waals surface area contributed by atoms with Gasteiger partial charge in [0.25, 0.3) is 0 Å². The molecule has 0 radical (unpaired) electrons. The summed E-state index contributed by atoms with van der Waals surface area (Å²) in [6, 6.07) is 15.9. The molecule has 3 heterocycles. The lowest BCUT2D eigenvalue weighted by molar-refractivity contribution is -0.139. The van der Waals surface area contributed by atoms with Gasteiger partial charge < -0.3 is 25.4 Å². The zero-order chi connectivity index (χ0) is 24.6. The third-order valence-corrected chi connectivity index (χ3v) is 9.31. The van der Waals surface area contributed by atoms with Gasteiger partial charge in [-0.2, -0.15) is 0 Å². The maximum Gasteiger partial charge on any atom is 0.248 e. The lowest BCUT2D eigenvalue weighted by Gasteiger charge is -2.34. The van der Waals surface area contributed by atoms with E-state index in [1.165, 1.54) is 4.90 Å². The highest BCUT2D eigenvalue weighted by molar-refractivity contribution is 8.02. The number of amides is 3. The Morgan fingerprint density at radius 1 is 1.14 bits per heavy atom. The molecular weight excluding hydrogens is 466 g/mol. The molecule has 1 spiro atoms. The molecule has 3 N–H and O–H groups in total. The van der Waals surface area contributed by atoms with Gasteiger partial charge in [-0.25, -0.2) is 0 Å². The zero-order valence-corrected chi connectivity index (χ0v) is 20.3. The standard InChI is InChI=1S/C26H29N3O5S/c1-34-18-9-7-17(8-10-18)28-24(32)22-26-12-11-19(35-26)20(21(26)25(33)29(22)13-14-30)23(31)27-15-16-5-3-2-4-6-16/h2-10,19-22,30H,11-15H2,1H3,(H,27,31)(H,28,32)/t19-,20+,21+,22?,26?/m1/s1. The number of carbonyl (C=O) groups is 3. The lowest BCUT2D eigenvalue weighted by Crippen LogP contribution is -2.52. The van der Waals surface area contributed by atoms with E-state index in [0.29, 0.717) is 24.4 Å². The summed E-state index contributed by atoms with van der Waals surface area (Å²) in [5.74, 6) is -1.06. The molecule has 8 nitrogen and oxygen atoms in total. The van der Waals surface area contributed by atoms with E-state index in [1.807, 2.05) is 30.3 Å². The number of aliphatic hydroxyl groups is 1. The van der Waals surface area contributed by atoms with Crippen LogP contribution in [0.15, 0.2) is 54.6 Å². The van der Waals surface area contributed by atoms with Crippen LogP contribution in [-0.2, 0) is 20.9 Å². The molecule has 3 aliphatic rings. The van der Waals surface area contributed by atoms with Crippen molar-refractivity contribution < 1.29 is 24.2 Å². The Kier molecular flexibility index (Phi) is 6.46. The first-order chi connectivity index (χ1) is 17.0. The first-order valence-corrected chi connectivity index (χ1v) is 12.7. The maximum absolute atomic E-state index is 13.6. The van der Waals surface area contributed by atoms with Crippen LogP contribution in [0.3, 0.4) is 0 Å². The number of nitrogens with zero attached hydrogens (tertiary/aromatic N) is 1. The van der Waals surface area contributed by atoms with Crippen LogP contribution in [0.25, 0.3) is 0 Å². The van der Waals surface area contributed by atoms with Crippen molar-refractivity contribution in [3.63, 3.8) is 0 Å². The van der Waals surface area contributed by atoms with Gasteiger partial charge in [0, 0.05) is 24.0 Å². The SMILES string of the molecule is COc1ccc(NC(=O)C2N(CCO)C(=O)[C@@H]3[C@@H](C(=O)NCc4ccccc4)[C@H]4CCC23S4)cc1. The van der Waals surface area contributed by atoms with Crippen molar-refractivity contribution in [1.29, 1.82) is 0 Å². The highest BCUT2D eigenvalue weighted by atomic mass is 32.2. The van der Waals surface area contributed by atoms with Crippen molar-refractivity contribution in [2.75, 3.05) is 25.6 Å². The molecule has 3 amide bonds. The Balaban J connectivity index is 1.39. The van der Waals surface area contributed by atoms with Crippen molar-refractivity contribution in [1.82, 2.24) is 10.2 Å². The third-order valence-electron chi connectivity index (χ3n) is 7.36. The van der Waals surface area contributed by atoms with Crippen LogP contribution >= 0.6 is 11.8 Å². The molecule has 35 heavy (non-hydrogen) atoms. The number of aliphatic hydroxyl groups excluding tert-OH is 1. The number of benzene rings is 2. The van der Waals surface area contributed by atoms with Gasteiger partial charge in [0.2, 0.25) is 17.7 Å². The quantitative estimate of drug-likeness (QED) is 0.517. The molecular formula is C26H29N3O5S. The van der Waals surface area contributed by atoms with Crippen molar-refractivity contribution in [2.45, 2.75) is 35.4 Å². The second kappa shape index (κ2) is 9.54. The summed E-state index contributed by atoms with van der Waals surface area (Å²) >= 11 is 1.61. The first-order valence-electron chi connectivity index (χ1n) is 11.8. The second-order valence-corrected chi connectivity index (χ2v) is 10.8. The van der Waals surface area contributed by atoms with Crippen molar-refractivity contribution in [3.8, 4) is 5.75 Å². The number of likely N-dealkylation sites (tertiary alicyclic amines) is 1. The van der Waals surface area contributed by atoms with Gasteiger partial charge >= 0.3 is 0 Å². The lowest BCUT2D eigenvalue weighted by atomic mass is 9.70. The van der Waals surface area contributed by atoms with Crippen LogP contribution in [0, 0.1) is 11.8 Å². The van der Waals surface area contributed by atoms with Gasteiger partial charge in [0.1, 0.15) is 11.8 Å². The Hall–Kier alpha value is -3.04. The number of rotatable bonds is 8.